The number of hydrogen-bond donors (Lipinski definition) is 1. The van der Waals surface area contributed by atoms with Gasteiger partial charge in [-0.3, -0.25) is 14.4 Å². The highest BCUT2D eigenvalue weighted by atomic mass is 16.4. The summed E-state index contributed by atoms with van der Waals surface area (Å²) in [5.41, 5.74) is 3.28. The van der Waals surface area contributed by atoms with Crippen LogP contribution >= 0.6 is 0 Å². The summed E-state index contributed by atoms with van der Waals surface area (Å²) < 4.78 is 7.71. The maximum absolute atomic E-state index is 12.8. The smallest absolute Gasteiger partial charge is 0.287 e. The average Bonchev–Trinajstić information content (AvgIpc) is 3.36. The van der Waals surface area contributed by atoms with Gasteiger partial charge in [0.15, 0.2) is 5.76 Å². The number of benzene rings is 1. The highest BCUT2D eigenvalue weighted by Gasteiger charge is 2.25. The predicted octanol–water partition coefficient (Wildman–Crippen LogP) is 4.34. The number of aryl methyl sites for hydroxylation is 2. The molecule has 31 heavy (non-hydrogen) atoms. The SMILES string of the molecule is Cc1cc(C)n(Cc2ccc(C(=O)NC[C@@H](c3ccccc3)N3CCC(C)CC3)o2)n1. The van der Waals surface area contributed by atoms with E-state index >= 15 is 0 Å². The summed E-state index contributed by atoms with van der Waals surface area (Å²) in [5, 5.41) is 7.56. The number of nitrogens with one attached hydrogen (secondary N) is 1. The molecule has 1 aromatic carbocycles. The Bertz CT molecular complexity index is 1000. The molecule has 1 atom stereocenters. The quantitative estimate of drug-likeness (QED) is 0.617. The molecule has 4 rings (SSSR count). The monoisotopic (exact) mass is 420 g/mol. The maximum atomic E-state index is 12.8. The first kappa shape index (κ1) is 21.4. The Labute approximate surface area is 184 Å². The molecule has 164 valence electrons. The molecule has 0 spiro atoms. The number of likely N-dealkylation sites (tertiary alicyclic amines) is 1. The first-order valence-corrected chi connectivity index (χ1v) is 11.2. The molecule has 1 fully saturated rings. The van der Waals surface area contributed by atoms with E-state index in [0.29, 0.717) is 18.8 Å². The molecule has 0 radical (unpaired) electrons. The maximum Gasteiger partial charge on any atom is 0.287 e. The number of nitrogens with zero attached hydrogens (tertiary/aromatic N) is 3. The van der Waals surface area contributed by atoms with Crippen molar-refractivity contribution in [3.05, 3.63) is 77.0 Å². The molecule has 1 aliphatic rings. The van der Waals surface area contributed by atoms with Crippen LogP contribution in [0.2, 0.25) is 0 Å². The fourth-order valence-corrected chi connectivity index (χ4v) is 4.32. The molecular weight excluding hydrogens is 388 g/mol. The normalized spacial score (nSPS) is 16.4. The van der Waals surface area contributed by atoms with Crippen LogP contribution in [0.15, 0.2) is 52.9 Å². The van der Waals surface area contributed by atoms with Gasteiger partial charge in [0.25, 0.3) is 5.91 Å². The number of aromatic nitrogens is 2. The molecule has 6 heteroatoms. The van der Waals surface area contributed by atoms with Gasteiger partial charge >= 0.3 is 0 Å². The van der Waals surface area contributed by atoms with E-state index in [4.69, 9.17) is 4.42 Å². The summed E-state index contributed by atoms with van der Waals surface area (Å²) in [6.45, 7) is 9.50. The lowest BCUT2D eigenvalue weighted by atomic mass is 9.95. The Morgan fingerprint density at radius 3 is 2.58 bits per heavy atom. The Morgan fingerprint density at radius 1 is 1.16 bits per heavy atom. The molecule has 1 N–H and O–H groups in total. The van der Waals surface area contributed by atoms with Gasteiger partial charge in [-0.05, 0) is 69.5 Å². The predicted molar refractivity (Wildman–Crippen MR) is 121 cm³/mol. The van der Waals surface area contributed by atoms with Crippen LogP contribution in [-0.4, -0.2) is 40.2 Å². The molecule has 1 aliphatic heterocycles. The van der Waals surface area contributed by atoms with Crippen molar-refractivity contribution in [1.82, 2.24) is 20.0 Å². The zero-order valence-electron chi connectivity index (χ0n) is 18.7. The summed E-state index contributed by atoms with van der Waals surface area (Å²) in [6.07, 6.45) is 2.40. The van der Waals surface area contributed by atoms with Gasteiger partial charge in [-0.15, -0.1) is 0 Å². The molecule has 1 amide bonds. The second-order valence-corrected chi connectivity index (χ2v) is 8.71. The first-order chi connectivity index (χ1) is 15.0. The highest BCUT2D eigenvalue weighted by molar-refractivity contribution is 5.91. The van der Waals surface area contributed by atoms with Gasteiger partial charge in [0.2, 0.25) is 0 Å². The van der Waals surface area contributed by atoms with Gasteiger partial charge < -0.3 is 9.73 Å². The van der Waals surface area contributed by atoms with Crippen LogP contribution < -0.4 is 5.32 Å². The number of piperidine rings is 1. The number of furan rings is 1. The van der Waals surface area contributed by atoms with Crippen LogP contribution in [-0.2, 0) is 6.54 Å². The molecule has 0 bridgehead atoms. The van der Waals surface area contributed by atoms with Crippen molar-refractivity contribution < 1.29 is 9.21 Å². The Hall–Kier alpha value is -2.86. The van der Waals surface area contributed by atoms with Crippen molar-refractivity contribution in [1.29, 1.82) is 0 Å². The Balaban J connectivity index is 1.41. The number of carbonyl (C=O) groups excluding carboxylic acids is 1. The second-order valence-electron chi connectivity index (χ2n) is 8.71. The van der Waals surface area contributed by atoms with E-state index in [1.807, 2.05) is 36.7 Å². The van der Waals surface area contributed by atoms with Crippen molar-refractivity contribution in [2.24, 2.45) is 5.92 Å². The number of rotatable bonds is 7. The van der Waals surface area contributed by atoms with Crippen LogP contribution in [0.4, 0.5) is 0 Å². The minimum absolute atomic E-state index is 0.168. The third kappa shape index (κ3) is 5.25. The largest absolute Gasteiger partial charge is 0.454 e. The number of hydrogen-bond acceptors (Lipinski definition) is 4. The van der Waals surface area contributed by atoms with Gasteiger partial charge in [0, 0.05) is 12.2 Å². The standard InChI is InChI=1S/C25H32N4O2/c1-18-11-13-28(14-12-18)23(21-7-5-4-6-8-21)16-26-25(30)24-10-9-22(31-24)17-29-20(3)15-19(2)27-29/h4-10,15,18,23H,11-14,16-17H2,1-3H3,(H,26,30)/t23-/m0/s1. The summed E-state index contributed by atoms with van der Waals surface area (Å²) in [6, 6.07) is 16.3. The fraction of sp³-hybridized carbons (Fsp3) is 0.440. The van der Waals surface area contributed by atoms with E-state index in [0.717, 1.165) is 36.2 Å². The Kier molecular flexibility index (Phi) is 6.56. The minimum Gasteiger partial charge on any atom is -0.454 e. The van der Waals surface area contributed by atoms with Gasteiger partial charge in [-0.1, -0.05) is 37.3 Å². The highest BCUT2D eigenvalue weighted by Crippen LogP contribution is 2.26. The minimum atomic E-state index is -0.175. The van der Waals surface area contributed by atoms with Crippen molar-refractivity contribution in [3.63, 3.8) is 0 Å². The van der Waals surface area contributed by atoms with Crippen molar-refractivity contribution in [3.8, 4) is 0 Å². The lowest BCUT2D eigenvalue weighted by Crippen LogP contribution is -2.41. The van der Waals surface area contributed by atoms with Gasteiger partial charge in [0.05, 0.1) is 18.3 Å². The van der Waals surface area contributed by atoms with Crippen LogP contribution in [0, 0.1) is 19.8 Å². The topological polar surface area (TPSA) is 63.3 Å². The first-order valence-electron chi connectivity index (χ1n) is 11.2. The van der Waals surface area contributed by atoms with Gasteiger partial charge in [-0.2, -0.15) is 5.10 Å². The Morgan fingerprint density at radius 2 is 1.90 bits per heavy atom. The van der Waals surface area contributed by atoms with Crippen molar-refractivity contribution in [2.75, 3.05) is 19.6 Å². The van der Waals surface area contributed by atoms with E-state index < -0.39 is 0 Å². The lowest BCUT2D eigenvalue weighted by molar-refractivity contribution is 0.0884. The zero-order chi connectivity index (χ0) is 21.8. The number of carbonyl (C=O) groups is 1. The third-order valence-electron chi connectivity index (χ3n) is 6.19. The fourth-order valence-electron chi connectivity index (χ4n) is 4.32. The number of amides is 1. The van der Waals surface area contributed by atoms with E-state index in [9.17, 15) is 4.79 Å². The van der Waals surface area contributed by atoms with Crippen LogP contribution in [0.5, 0.6) is 0 Å². The average molecular weight is 421 g/mol. The van der Waals surface area contributed by atoms with Crippen LogP contribution in [0.1, 0.15) is 59.1 Å². The van der Waals surface area contributed by atoms with E-state index in [2.05, 4.69) is 46.5 Å². The molecule has 1 saturated heterocycles. The molecule has 3 aromatic rings. The summed E-state index contributed by atoms with van der Waals surface area (Å²) in [5.74, 6) is 1.66. The zero-order valence-corrected chi connectivity index (χ0v) is 18.7. The molecule has 0 saturated carbocycles. The summed E-state index contributed by atoms with van der Waals surface area (Å²) in [4.78, 5) is 15.3. The third-order valence-corrected chi connectivity index (χ3v) is 6.19. The second kappa shape index (κ2) is 9.52. The van der Waals surface area contributed by atoms with Crippen molar-refractivity contribution >= 4 is 5.91 Å². The van der Waals surface area contributed by atoms with Gasteiger partial charge in [-0.25, -0.2) is 0 Å². The summed E-state index contributed by atoms with van der Waals surface area (Å²) in [7, 11) is 0. The molecule has 2 aromatic heterocycles. The molecule has 0 aliphatic carbocycles. The van der Waals surface area contributed by atoms with E-state index in [1.54, 1.807) is 6.07 Å². The molecule has 3 heterocycles. The molecule has 0 unspecified atom stereocenters. The van der Waals surface area contributed by atoms with Gasteiger partial charge in [0.1, 0.15) is 5.76 Å². The molecular formula is C25H32N4O2. The van der Waals surface area contributed by atoms with Crippen LogP contribution in [0.3, 0.4) is 0 Å². The lowest BCUT2D eigenvalue weighted by Gasteiger charge is -2.37. The van der Waals surface area contributed by atoms with Crippen LogP contribution in [0.25, 0.3) is 0 Å². The van der Waals surface area contributed by atoms with Crippen molar-refractivity contribution in [2.45, 2.75) is 46.2 Å². The van der Waals surface area contributed by atoms with E-state index in [-0.39, 0.29) is 11.9 Å². The molecule has 6 nitrogen and oxygen atoms in total. The summed E-state index contributed by atoms with van der Waals surface area (Å²) >= 11 is 0. The van der Waals surface area contributed by atoms with E-state index in [1.165, 1.54) is 18.4 Å².